The summed E-state index contributed by atoms with van der Waals surface area (Å²) >= 11 is 0. The molecule has 0 spiro atoms. The summed E-state index contributed by atoms with van der Waals surface area (Å²) in [5, 5.41) is 9.50. The highest BCUT2D eigenvalue weighted by molar-refractivity contribution is 5.31. The number of nitrogens with one attached hydrogen (secondary N) is 1. The molecule has 3 aromatic rings. The van der Waals surface area contributed by atoms with E-state index >= 15 is 0 Å². The van der Waals surface area contributed by atoms with Gasteiger partial charge in [-0.2, -0.15) is 0 Å². The molecule has 2 aromatic carbocycles. The van der Waals surface area contributed by atoms with Crippen LogP contribution in [0.5, 0.6) is 17.4 Å². The molecule has 0 fully saturated rings. The summed E-state index contributed by atoms with van der Waals surface area (Å²) < 4.78 is 16.0. The van der Waals surface area contributed by atoms with Gasteiger partial charge in [0.25, 0.3) is 0 Å². The first-order chi connectivity index (χ1) is 11.7. The third kappa shape index (κ3) is 4.19. The van der Waals surface area contributed by atoms with E-state index in [-0.39, 0.29) is 11.6 Å². The standard InChI is InChI=1S/C18H17NO5/c20-17-16(24-18(21)19-17)12-13-6-8-15(9-7-13)23-11-10-22-14-4-2-1-3-5-14/h1-9,20H,10-12H2,(H,19,21). The van der Waals surface area contributed by atoms with Crippen molar-refractivity contribution in [2.45, 2.75) is 6.42 Å². The lowest BCUT2D eigenvalue weighted by Crippen LogP contribution is -2.08. The molecule has 0 saturated carbocycles. The number of ether oxygens (including phenoxy) is 2. The Balaban J connectivity index is 1.48. The van der Waals surface area contributed by atoms with Crippen LogP contribution in [0.4, 0.5) is 0 Å². The van der Waals surface area contributed by atoms with Gasteiger partial charge in [-0.3, -0.25) is 4.98 Å². The van der Waals surface area contributed by atoms with Gasteiger partial charge in [-0.25, -0.2) is 4.79 Å². The zero-order valence-corrected chi connectivity index (χ0v) is 12.9. The SMILES string of the molecule is O=c1[nH]c(O)c(Cc2ccc(OCCOc3ccccc3)cc2)o1. The van der Waals surface area contributed by atoms with Crippen LogP contribution in [-0.2, 0) is 6.42 Å². The van der Waals surface area contributed by atoms with Crippen molar-refractivity contribution in [3.63, 3.8) is 0 Å². The zero-order valence-electron chi connectivity index (χ0n) is 12.9. The molecule has 0 saturated heterocycles. The van der Waals surface area contributed by atoms with E-state index in [1.165, 1.54) is 0 Å². The average Bonchev–Trinajstić information content (AvgIpc) is 2.91. The Hall–Kier alpha value is -3.15. The first-order valence-corrected chi connectivity index (χ1v) is 7.51. The lowest BCUT2D eigenvalue weighted by atomic mass is 10.1. The number of oxazole rings is 1. The first-order valence-electron chi connectivity index (χ1n) is 7.51. The summed E-state index contributed by atoms with van der Waals surface area (Å²) in [6.45, 7) is 0.885. The molecule has 3 rings (SSSR count). The van der Waals surface area contributed by atoms with Gasteiger partial charge in [0.05, 0.1) is 0 Å². The van der Waals surface area contributed by atoms with Crippen LogP contribution in [0.25, 0.3) is 0 Å². The number of rotatable bonds is 7. The lowest BCUT2D eigenvalue weighted by Gasteiger charge is -2.08. The van der Waals surface area contributed by atoms with Crippen LogP contribution in [-0.4, -0.2) is 23.3 Å². The number of hydrogen-bond acceptors (Lipinski definition) is 5. The van der Waals surface area contributed by atoms with Crippen molar-refractivity contribution in [1.29, 1.82) is 0 Å². The molecule has 124 valence electrons. The maximum absolute atomic E-state index is 11.0. The maximum Gasteiger partial charge on any atom is 0.419 e. The molecule has 0 aliphatic heterocycles. The molecular weight excluding hydrogens is 310 g/mol. The fourth-order valence-corrected chi connectivity index (χ4v) is 2.20. The van der Waals surface area contributed by atoms with Crippen LogP contribution < -0.4 is 15.2 Å². The van der Waals surface area contributed by atoms with E-state index in [0.717, 1.165) is 17.1 Å². The number of H-pyrrole nitrogens is 1. The Kier molecular flexibility index (Phi) is 4.86. The summed E-state index contributed by atoms with van der Waals surface area (Å²) in [5.41, 5.74) is 0.890. The quantitative estimate of drug-likeness (QED) is 0.652. The van der Waals surface area contributed by atoms with Crippen molar-refractivity contribution < 1.29 is 19.0 Å². The summed E-state index contributed by atoms with van der Waals surface area (Å²) in [6, 6.07) is 16.9. The molecule has 24 heavy (non-hydrogen) atoms. The van der Waals surface area contributed by atoms with Gasteiger partial charge >= 0.3 is 5.76 Å². The second-order valence-corrected chi connectivity index (χ2v) is 5.12. The number of para-hydroxylation sites is 1. The molecule has 0 amide bonds. The molecule has 0 aliphatic carbocycles. The van der Waals surface area contributed by atoms with E-state index in [9.17, 15) is 9.90 Å². The van der Waals surface area contributed by atoms with Crippen LogP contribution in [0.2, 0.25) is 0 Å². The minimum Gasteiger partial charge on any atom is -0.492 e. The third-order valence-corrected chi connectivity index (χ3v) is 3.35. The minimum atomic E-state index is -0.666. The lowest BCUT2D eigenvalue weighted by molar-refractivity contribution is 0.217. The summed E-state index contributed by atoms with van der Waals surface area (Å²) in [4.78, 5) is 13.2. The molecule has 6 nitrogen and oxygen atoms in total. The highest BCUT2D eigenvalue weighted by Gasteiger charge is 2.09. The predicted molar refractivity (Wildman–Crippen MR) is 87.7 cm³/mol. The number of aromatic nitrogens is 1. The Morgan fingerprint density at radius 2 is 1.54 bits per heavy atom. The Bertz CT molecular complexity index is 821. The third-order valence-electron chi connectivity index (χ3n) is 3.35. The van der Waals surface area contributed by atoms with Gasteiger partial charge in [0, 0.05) is 6.42 Å². The maximum atomic E-state index is 11.0. The molecular formula is C18H17NO5. The van der Waals surface area contributed by atoms with Crippen molar-refractivity contribution in [3.05, 3.63) is 76.5 Å². The molecule has 0 unspecified atom stereocenters. The highest BCUT2D eigenvalue weighted by atomic mass is 16.5. The number of benzene rings is 2. The van der Waals surface area contributed by atoms with Crippen LogP contribution >= 0.6 is 0 Å². The second kappa shape index (κ2) is 7.41. The van der Waals surface area contributed by atoms with Crippen LogP contribution in [0, 0.1) is 0 Å². The molecule has 1 heterocycles. The number of aromatic hydroxyl groups is 1. The van der Waals surface area contributed by atoms with E-state index in [1.807, 2.05) is 54.6 Å². The van der Waals surface area contributed by atoms with Gasteiger partial charge in [0.1, 0.15) is 24.7 Å². The fraction of sp³-hybridized carbons (Fsp3) is 0.167. The van der Waals surface area contributed by atoms with Gasteiger partial charge in [-0.15, -0.1) is 0 Å². The van der Waals surface area contributed by atoms with E-state index < -0.39 is 5.76 Å². The summed E-state index contributed by atoms with van der Waals surface area (Å²) in [6.07, 6.45) is 0.321. The molecule has 0 aliphatic rings. The van der Waals surface area contributed by atoms with Crippen molar-refractivity contribution in [3.8, 4) is 17.4 Å². The van der Waals surface area contributed by atoms with E-state index in [4.69, 9.17) is 13.9 Å². The van der Waals surface area contributed by atoms with E-state index in [1.54, 1.807) is 0 Å². The smallest absolute Gasteiger partial charge is 0.419 e. The number of aromatic amines is 1. The Morgan fingerprint density at radius 1 is 0.917 bits per heavy atom. The monoisotopic (exact) mass is 327 g/mol. The van der Waals surface area contributed by atoms with Gasteiger partial charge in [-0.05, 0) is 29.8 Å². The van der Waals surface area contributed by atoms with Gasteiger partial charge in [0.15, 0.2) is 5.76 Å². The normalized spacial score (nSPS) is 10.5. The summed E-state index contributed by atoms with van der Waals surface area (Å²) in [7, 11) is 0. The van der Waals surface area contributed by atoms with Crippen LogP contribution in [0.3, 0.4) is 0 Å². The van der Waals surface area contributed by atoms with Gasteiger partial charge < -0.3 is 19.0 Å². The Labute approximate surface area is 138 Å². The minimum absolute atomic E-state index is 0.213. The molecule has 0 radical (unpaired) electrons. The molecule has 0 bridgehead atoms. The molecule has 1 aromatic heterocycles. The largest absolute Gasteiger partial charge is 0.492 e. The number of hydrogen-bond donors (Lipinski definition) is 2. The molecule has 0 atom stereocenters. The van der Waals surface area contributed by atoms with Gasteiger partial charge in [0.2, 0.25) is 5.88 Å². The average molecular weight is 327 g/mol. The second-order valence-electron chi connectivity index (χ2n) is 5.12. The topological polar surface area (TPSA) is 84.7 Å². The van der Waals surface area contributed by atoms with E-state index in [0.29, 0.717) is 19.6 Å². The van der Waals surface area contributed by atoms with Crippen LogP contribution in [0.1, 0.15) is 11.3 Å². The van der Waals surface area contributed by atoms with Crippen molar-refractivity contribution >= 4 is 0 Å². The van der Waals surface area contributed by atoms with E-state index in [2.05, 4.69) is 4.98 Å². The fourth-order valence-electron chi connectivity index (χ4n) is 2.20. The van der Waals surface area contributed by atoms with Gasteiger partial charge in [-0.1, -0.05) is 30.3 Å². The zero-order chi connectivity index (χ0) is 16.8. The molecule has 6 heteroatoms. The Morgan fingerprint density at radius 3 is 2.12 bits per heavy atom. The molecule has 2 N–H and O–H groups in total. The highest BCUT2D eigenvalue weighted by Crippen LogP contribution is 2.19. The predicted octanol–water partition coefficient (Wildman–Crippen LogP) is 2.72. The van der Waals surface area contributed by atoms with Crippen molar-refractivity contribution in [1.82, 2.24) is 4.98 Å². The van der Waals surface area contributed by atoms with Crippen molar-refractivity contribution in [2.24, 2.45) is 0 Å². The van der Waals surface area contributed by atoms with Crippen LogP contribution in [0.15, 0.2) is 63.8 Å². The first kappa shape index (κ1) is 15.7. The van der Waals surface area contributed by atoms with Crippen molar-refractivity contribution in [2.75, 3.05) is 13.2 Å². The summed E-state index contributed by atoms with van der Waals surface area (Å²) in [5.74, 6) is 0.837.